The number of hydrogen-bond acceptors (Lipinski definition) is 2. The molecule has 0 heterocycles. The third-order valence-electron chi connectivity index (χ3n) is 2.95. The molecule has 1 amide bonds. The highest BCUT2D eigenvalue weighted by Crippen LogP contribution is 2.26. The van der Waals surface area contributed by atoms with Gasteiger partial charge in [-0.3, -0.25) is 4.79 Å². The highest BCUT2D eigenvalue weighted by atomic mass is 35.5. The maximum absolute atomic E-state index is 12.2. The van der Waals surface area contributed by atoms with Gasteiger partial charge in [0.25, 0.3) is 0 Å². The van der Waals surface area contributed by atoms with Crippen LogP contribution in [0.3, 0.4) is 0 Å². The molecule has 1 atom stereocenters. The van der Waals surface area contributed by atoms with Gasteiger partial charge in [0.15, 0.2) is 0 Å². The van der Waals surface area contributed by atoms with Crippen LogP contribution in [-0.2, 0) is 4.79 Å². The normalized spacial score (nSPS) is 12.0. The summed E-state index contributed by atoms with van der Waals surface area (Å²) in [5, 5.41) is 3.99. The van der Waals surface area contributed by atoms with Crippen molar-refractivity contribution < 1.29 is 4.79 Å². The second-order valence-corrected chi connectivity index (χ2v) is 6.95. The van der Waals surface area contributed by atoms with E-state index in [0.717, 1.165) is 16.1 Å². The van der Waals surface area contributed by atoms with E-state index in [1.807, 2.05) is 44.2 Å². The molecule has 0 aliphatic rings. The summed E-state index contributed by atoms with van der Waals surface area (Å²) in [7, 11) is 0. The monoisotopic (exact) mass is 339 g/mol. The molecule has 0 aromatic heterocycles. The van der Waals surface area contributed by atoms with Crippen LogP contribution in [0.1, 0.15) is 12.5 Å². The number of nitrogens with one attached hydrogen (secondary N) is 1. The lowest BCUT2D eigenvalue weighted by atomic mass is 10.2. The van der Waals surface area contributed by atoms with Gasteiger partial charge in [0.1, 0.15) is 0 Å². The molecule has 2 rings (SSSR count). The fraction of sp³-hybridized carbons (Fsp3) is 0.188. The quantitative estimate of drug-likeness (QED) is 0.753. The molecule has 0 bridgehead atoms. The van der Waals surface area contributed by atoms with E-state index >= 15 is 0 Å². The Morgan fingerprint density at radius 3 is 2.38 bits per heavy atom. The van der Waals surface area contributed by atoms with Crippen LogP contribution in [0, 0.1) is 6.92 Å². The van der Waals surface area contributed by atoms with Crippen LogP contribution in [0.4, 0.5) is 5.69 Å². The Morgan fingerprint density at radius 2 is 1.71 bits per heavy atom. The van der Waals surface area contributed by atoms with Gasteiger partial charge in [-0.2, -0.15) is 0 Å². The van der Waals surface area contributed by atoms with Crippen molar-refractivity contribution in [1.82, 2.24) is 0 Å². The van der Waals surface area contributed by atoms with Gasteiger partial charge in [0, 0.05) is 20.6 Å². The SMILES string of the molecule is Cc1ccc(Cl)cc1NC(=O)C(C)Sc1ccc(Cl)cc1. The zero-order valence-electron chi connectivity index (χ0n) is 11.7. The van der Waals surface area contributed by atoms with E-state index in [9.17, 15) is 4.79 Å². The van der Waals surface area contributed by atoms with Crippen molar-refractivity contribution in [1.29, 1.82) is 0 Å². The molecule has 2 nitrogen and oxygen atoms in total. The Kier molecular flexibility index (Phi) is 5.57. The van der Waals surface area contributed by atoms with Crippen LogP contribution in [0.5, 0.6) is 0 Å². The van der Waals surface area contributed by atoms with Gasteiger partial charge in [-0.1, -0.05) is 29.3 Å². The molecule has 110 valence electrons. The number of anilines is 1. The first-order chi connectivity index (χ1) is 9.95. The lowest BCUT2D eigenvalue weighted by Gasteiger charge is -2.14. The van der Waals surface area contributed by atoms with Crippen LogP contribution in [-0.4, -0.2) is 11.2 Å². The molecule has 1 N–H and O–H groups in total. The summed E-state index contributed by atoms with van der Waals surface area (Å²) in [6.45, 7) is 3.80. The average Bonchev–Trinajstić information content (AvgIpc) is 2.45. The number of amides is 1. The van der Waals surface area contributed by atoms with Crippen LogP contribution in [0.2, 0.25) is 10.0 Å². The van der Waals surface area contributed by atoms with Gasteiger partial charge in [-0.25, -0.2) is 0 Å². The number of halogens is 2. The summed E-state index contributed by atoms with van der Waals surface area (Å²) >= 11 is 13.3. The molecule has 2 aromatic carbocycles. The van der Waals surface area contributed by atoms with E-state index in [2.05, 4.69) is 5.32 Å². The summed E-state index contributed by atoms with van der Waals surface area (Å²) in [6, 6.07) is 12.9. The summed E-state index contributed by atoms with van der Waals surface area (Å²) in [5.41, 5.74) is 1.73. The summed E-state index contributed by atoms with van der Waals surface area (Å²) in [4.78, 5) is 13.3. The first kappa shape index (κ1) is 16.2. The van der Waals surface area contributed by atoms with E-state index in [1.54, 1.807) is 12.1 Å². The third-order valence-corrected chi connectivity index (χ3v) is 4.55. The van der Waals surface area contributed by atoms with Crippen molar-refractivity contribution in [3.8, 4) is 0 Å². The fourth-order valence-corrected chi connectivity index (χ4v) is 2.90. The lowest BCUT2D eigenvalue weighted by Crippen LogP contribution is -2.22. The molecule has 0 saturated carbocycles. The number of rotatable bonds is 4. The van der Waals surface area contributed by atoms with E-state index in [-0.39, 0.29) is 11.2 Å². The second kappa shape index (κ2) is 7.21. The molecule has 0 fully saturated rings. The van der Waals surface area contributed by atoms with E-state index in [0.29, 0.717) is 10.0 Å². The summed E-state index contributed by atoms with van der Waals surface area (Å²) in [5.74, 6) is -0.0553. The smallest absolute Gasteiger partial charge is 0.237 e. The van der Waals surface area contributed by atoms with Gasteiger partial charge >= 0.3 is 0 Å². The van der Waals surface area contributed by atoms with Crippen molar-refractivity contribution in [3.63, 3.8) is 0 Å². The van der Waals surface area contributed by atoms with Crippen LogP contribution < -0.4 is 5.32 Å². The lowest BCUT2D eigenvalue weighted by molar-refractivity contribution is -0.115. The van der Waals surface area contributed by atoms with Gasteiger partial charge in [-0.05, 0) is 55.8 Å². The van der Waals surface area contributed by atoms with Crippen molar-refractivity contribution in [2.45, 2.75) is 24.0 Å². The van der Waals surface area contributed by atoms with Gasteiger partial charge in [-0.15, -0.1) is 11.8 Å². The van der Waals surface area contributed by atoms with E-state index < -0.39 is 0 Å². The molecular formula is C16H15Cl2NOS. The predicted octanol–water partition coefficient (Wildman–Crippen LogP) is 5.42. The molecule has 0 radical (unpaired) electrons. The Bertz CT molecular complexity index is 643. The number of carbonyl (C=O) groups excluding carboxylic acids is 1. The molecule has 1 unspecified atom stereocenters. The van der Waals surface area contributed by atoms with E-state index in [4.69, 9.17) is 23.2 Å². The fourth-order valence-electron chi connectivity index (χ4n) is 1.73. The van der Waals surface area contributed by atoms with Crippen molar-refractivity contribution in [2.24, 2.45) is 0 Å². The number of thioether (sulfide) groups is 1. The molecule has 0 spiro atoms. The maximum atomic E-state index is 12.2. The molecule has 0 aliphatic carbocycles. The van der Waals surface area contributed by atoms with Crippen molar-refractivity contribution >= 4 is 46.6 Å². The number of benzene rings is 2. The molecule has 0 saturated heterocycles. The topological polar surface area (TPSA) is 29.1 Å². The minimum Gasteiger partial charge on any atom is -0.325 e. The summed E-state index contributed by atoms with van der Waals surface area (Å²) in [6.07, 6.45) is 0. The highest BCUT2D eigenvalue weighted by Gasteiger charge is 2.15. The number of carbonyl (C=O) groups is 1. The van der Waals surface area contributed by atoms with Gasteiger partial charge < -0.3 is 5.32 Å². The van der Waals surface area contributed by atoms with Gasteiger partial charge in [0.2, 0.25) is 5.91 Å². The van der Waals surface area contributed by atoms with Crippen LogP contribution >= 0.6 is 35.0 Å². The zero-order chi connectivity index (χ0) is 15.4. The van der Waals surface area contributed by atoms with Crippen LogP contribution in [0.25, 0.3) is 0 Å². The summed E-state index contributed by atoms with van der Waals surface area (Å²) < 4.78 is 0. The van der Waals surface area contributed by atoms with Gasteiger partial charge in [0.05, 0.1) is 5.25 Å². The largest absolute Gasteiger partial charge is 0.325 e. The number of hydrogen-bond donors (Lipinski definition) is 1. The average molecular weight is 340 g/mol. The Morgan fingerprint density at radius 1 is 1.10 bits per heavy atom. The standard InChI is InChI=1S/C16H15Cl2NOS/c1-10-3-4-13(18)9-15(10)19-16(20)11(2)21-14-7-5-12(17)6-8-14/h3-9,11H,1-2H3,(H,19,20). The van der Waals surface area contributed by atoms with Crippen molar-refractivity contribution in [2.75, 3.05) is 5.32 Å². The Labute approximate surface area is 138 Å². The third kappa shape index (κ3) is 4.67. The first-order valence-electron chi connectivity index (χ1n) is 6.45. The van der Waals surface area contributed by atoms with E-state index in [1.165, 1.54) is 11.8 Å². The molecule has 2 aromatic rings. The number of aryl methyl sites for hydroxylation is 1. The minimum atomic E-state index is -0.218. The molecular weight excluding hydrogens is 325 g/mol. The molecule has 5 heteroatoms. The van der Waals surface area contributed by atoms with Crippen LogP contribution in [0.15, 0.2) is 47.4 Å². The first-order valence-corrected chi connectivity index (χ1v) is 8.08. The molecule has 0 aliphatic heterocycles. The van der Waals surface area contributed by atoms with Crippen molar-refractivity contribution in [3.05, 3.63) is 58.1 Å². The minimum absolute atomic E-state index is 0.0553. The molecule has 21 heavy (non-hydrogen) atoms. The second-order valence-electron chi connectivity index (χ2n) is 4.66. The zero-order valence-corrected chi connectivity index (χ0v) is 14.0. The Balaban J connectivity index is 2.02. The predicted molar refractivity (Wildman–Crippen MR) is 91.6 cm³/mol. The Hall–Kier alpha value is -1.16. The highest BCUT2D eigenvalue weighted by molar-refractivity contribution is 8.00. The maximum Gasteiger partial charge on any atom is 0.237 e.